The number of nitriles is 1. The first-order valence-electron chi connectivity index (χ1n) is 7.70. The van der Waals surface area contributed by atoms with Gasteiger partial charge in [-0.3, -0.25) is 14.5 Å². The van der Waals surface area contributed by atoms with Crippen molar-refractivity contribution in [3.8, 4) is 6.19 Å². The molecule has 0 unspecified atom stereocenters. The van der Waals surface area contributed by atoms with Gasteiger partial charge in [0.05, 0.1) is 14.6 Å². The van der Waals surface area contributed by atoms with Crippen molar-refractivity contribution in [1.29, 1.82) is 5.26 Å². The maximum Gasteiger partial charge on any atom is 0.259 e. The molecule has 1 heterocycles. The van der Waals surface area contributed by atoms with Crippen LogP contribution in [0.5, 0.6) is 0 Å². The minimum atomic E-state index is -0.531. The Morgan fingerprint density at radius 1 is 1.48 bits per heavy atom. The number of amides is 2. The third kappa shape index (κ3) is 4.33. The zero-order valence-corrected chi connectivity index (χ0v) is 15.5. The summed E-state index contributed by atoms with van der Waals surface area (Å²) in [6.07, 6.45) is 8.31. The van der Waals surface area contributed by atoms with Crippen LogP contribution in [0, 0.1) is 17.4 Å². The van der Waals surface area contributed by atoms with E-state index in [2.05, 4.69) is 15.9 Å². The smallest absolute Gasteiger partial charge is 0.259 e. The Morgan fingerprint density at radius 2 is 2.13 bits per heavy atom. The van der Waals surface area contributed by atoms with Crippen molar-refractivity contribution >= 4 is 39.1 Å². The Labute approximate surface area is 148 Å². The highest BCUT2D eigenvalue weighted by molar-refractivity contribution is 9.11. The second-order valence-electron chi connectivity index (χ2n) is 5.99. The number of thiophene rings is 1. The second-order valence-corrected chi connectivity index (χ2v) is 8.42. The number of hydrogen-bond donors (Lipinski definition) is 1. The minimum Gasteiger partial charge on any atom is -0.365 e. The molecule has 23 heavy (non-hydrogen) atoms. The first kappa shape index (κ1) is 18.0. The monoisotopic (exact) mass is 397 g/mol. The fourth-order valence-electron chi connectivity index (χ4n) is 3.23. The molecular weight excluding hydrogens is 378 g/mol. The van der Waals surface area contributed by atoms with Gasteiger partial charge in [-0.15, -0.1) is 11.3 Å². The van der Waals surface area contributed by atoms with Crippen molar-refractivity contribution in [2.24, 2.45) is 11.7 Å². The summed E-state index contributed by atoms with van der Waals surface area (Å²) < 4.78 is 0.766. The van der Waals surface area contributed by atoms with Gasteiger partial charge in [-0.2, -0.15) is 5.26 Å². The lowest BCUT2D eigenvalue weighted by molar-refractivity contribution is -0.129. The van der Waals surface area contributed by atoms with Crippen LogP contribution in [0.3, 0.4) is 0 Å². The van der Waals surface area contributed by atoms with Gasteiger partial charge >= 0.3 is 0 Å². The van der Waals surface area contributed by atoms with Gasteiger partial charge in [-0.05, 0) is 39.9 Å². The van der Waals surface area contributed by atoms with E-state index in [0.29, 0.717) is 22.8 Å². The van der Waals surface area contributed by atoms with Gasteiger partial charge in [0.15, 0.2) is 6.19 Å². The van der Waals surface area contributed by atoms with E-state index in [-0.39, 0.29) is 5.91 Å². The second kappa shape index (κ2) is 7.93. The molecule has 0 aromatic carbocycles. The largest absolute Gasteiger partial charge is 0.365 e. The highest BCUT2D eigenvalue weighted by Gasteiger charge is 2.32. The van der Waals surface area contributed by atoms with E-state index in [1.165, 1.54) is 37.6 Å². The third-order valence-corrected chi connectivity index (χ3v) is 6.07. The molecule has 5 nitrogen and oxygen atoms in total. The summed E-state index contributed by atoms with van der Waals surface area (Å²) in [4.78, 5) is 25.8. The van der Waals surface area contributed by atoms with Gasteiger partial charge in [0.25, 0.3) is 5.91 Å². The number of likely N-dealkylation sites (N-methyl/N-ethyl adjacent to an activating group) is 1. The van der Waals surface area contributed by atoms with Crippen molar-refractivity contribution in [1.82, 2.24) is 4.90 Å². The first-order chi connectivity index (χ1) is 10.9. The van der Waals surface area contributed by atoms with Crippen LogP contribution in [-0.2, 0) is 4.79 Å². The van der Waals surface area contributed by atoms with E-state index in [1.807, 2.05) is 6.19 Å². The van der Waals surface area contributed by atoms with Crippen LogP contribution < -0.4 is 5.73 Å². The summed E-state index contributed by atoms with van der Waals surface area (Å²) in [6.45, 7) is 0. The van der Waals surface area contributed by atoms with Crippen molar-refractivity contribution < 1.29 is 9.59 Å². The molecular formula is C16H20BrN3O2S. The zero-order valence-electron chi connectivity index (χ0n) is 13.0. The number of nitrogens with two attached hydrogens (primary N) is 1. The number of nitrogens with zero attached hydrogens (tertiary/aromatic N) is 2. The van der Waals surface area contributed by atoms with Gasteiger partial charge in [0.1, 0.15) is 0 Å². The maximum absolute atomic E-state index is 12.7. The topological polar surface area (TPSA) is 87.2 Å². The molecule has 1 aromatic heterocycles. The normalized spacial score (nSPS) is 16.6. The van der Waals surface area contributed by atoms with Crippen molar-refractivity contribution in [3.05, 3.63) is 20.3 Å². The molecule has 1 aliphatic carbocycles. The molecule has 1 aliphatic rings. The maximum atomic E-state index is 12.7. The minimum absolute atomic E-state index is 0.272. The number of primary amides is 1. The number of rotatable bonds is 5. The summed E-state index contributed by atoms with van der Waals surface area (Å²) in [5, 5.41) is 9.05. The van der Waals surface area contributed by atoms with Crippen LogP contribution in [0.15, 0.2) is 9.85 Å². The van der Waals surface area contributed by atoms with Gasteiger partial charge in [0.2, 0.25) is 5.91 Å². The van der Waals surface area contributed by atoms with Crippen LogP contribution in [0.1, 0.15) is 59.7 Å². The van der Waals surface area contributed by atoms with Crippen molar-refractivity contribution in [2.45, 2.75) is 44.4 Å². The van der Waals surface area contributed by atoms with Crippen LogP contribution in [0.4, 0.5) is 0 Å². The van der Waals surface area contributed by atoms with Gasteiger partial charge < -0.3 is 5.73 Å². The lowest BCUT2D eigenvalue weighted by Gasteiger charge is -2.27. The standard InChI is InChI=1S/C16H20BrN3O2S/c1-20(9-18)16(22)12(7-10-5-3-2-4-6-10)11-8-13(17)23-14(11)15(19)21/h8,10,12H,2-7H2,1H3,(H2,19,21)/t12-/m0/s1. The molecule has 1 saturated carbocycles. The average molecular weight is 398 g/mol. The molecule has 1 fully saturated rings. The van der Waals surface area contributed by atoms with E-state index in [9.17, 15) is 9.59 Å². The Morgan fingerprint density at radius 3 is 2.70 bits per heavy atom. The number of carbonyl (C=O) groups is 2. The first-order valence-corrected chi connectivity index (χ1v) is 9.31. The predicted molar refractivity (Wildman–Crippen MR) is 92.9 cm³/mol. The SMILES string of the molecule is CN(C#N)C(=O)[C@@H](CC1CCCCC1)c1cc(Br)sc1C(N)=O. The molecule has 0 bridgehead atoms. The van der Waals surface area contributed by atoms with E-state index in [0.717, 1.165) is 21.5 Å². The average Bonchev–Trinajstić information content (AvgIpc) is 2.94. The van der Waals surface area contributed by atoms with E-state index < -0.39 is 11.8 Å². The number of hydrogen-bond acceptors (Lipinski definition) is 4. The van der Waals surface area contributed by atoms with Crippen LogP contribution in [-0.4, -0.2) is 23.8 Å². The van der Waals surface area contributed by atoms with Crippen molar-refractivity contribution in [2.75, 3.05) is 7.05 Å². The Hall–Kier alpha value is -1.39. The lowest BCUT2D eigenvalue weighted by atomic mass is 9.80. The van der Waals surface area contributed by atoms with E-state index in [1.54, 1.807) is 6.07 Å². The number of halogens is 1. The highest BCUT2D eigenvalue weighted by atomic mass is 79.9. The third-order valence-electron chi connectivity index (χ3n) is 4.40. The fourth-order valence-corrected chi connectivity index (χ4v) is 4.76. The Balaban J connectivity index is 2.34. The fraction of sp³-hybridized carbons (Fsp3) is 0.562. The van der Waals surface area contributed by atoms with Gasteiger partial charge in [0, 0.05) is 7.05 Å². The molecule has 124 valence electrons. The molecule has 1 atom stereocenters. The van der Waals surface area contributed by atoms with Gasteiger partial charge in [-0.25, -0.2) is 0 Å². The Kier molecular flexibility index (Phi) is 6.19. The summed E-state index contributed by atoms with van der Waals surface area (Å²) in [6, 6.07) is 1.79. The summed E-state index contributed by atoms with van der Waals surface area (Å²) >= 11 is 4.61. The van der Waals surface area contributed by atoms with E-state index in [4.69, 9.17) is 11.0 Å². The lowest BCUT2D eigenvalue weighted by Crippen LogP contribution is -2.30. The summed E-state index contributed by atoms with van der Waals surface area (Å²) in [5.41, 5.74) is 6.11. The molecule has 0 radical (unpaired) electrons. The van der Waals surface area contributed by atoms with Crippen LogP contribution in [0.2, 0.25) is 0 Å². The molecule has 0 aliphatic heterocycles. The molecule has 2 N–H and O–H groups in total. The van der Waals surface area contributed by atoms with Gasteiger partial charge in [-0.1, -0.05) is 32.1 Å². The Bertz CT molecular complexity index is 632. The molecule has 0 spiro atoms. The summed E-state index contributed by atoms with van der Waals surface area (Å²) in [5.74, 6) is -0.848. The molecule has 0 saturated heterocycles. The molecule has 2 amide bonds. The van der Waals surface area contributed by atoms with E-state index >= 15 is 0 Å². The van der Waals surface area contributed by atoms with Crippen LogP contribution >= 0.6 is 27.3 Å². The highest BCUT2D eigenvalue weighted by Crippen LogP contribution is 2.39. The molecule has 7 heteroatoms. The summed E-state index contributed by atoms with van der Waals surface area (Å²) in [7, 11) is 1.46. The molecule has 1 aromatic rings. The zero-order chi connectivity index (χ0) is 17.0. The van der Waals surface area contributed by atoms with Crippen molar-refractivity contribution in [3.63, 3.8) is 0 Å². The van der Waals surface area contributed by atoms with Crippen LogP contribution in [0.25, 0.3) is 0 Å². The predicted octanol–water partition coefficient (Wildman–Crippen LogP) is 3.60. The molecule has 2 rings (SSSR count). The number of carbonyl (C=O) groups excluding carboxylic acids is 2. The quantitative estimate of drug-likeness (QED) is 0.607.